The van der Waals surface area contributed by atoms with Crippen molar-refractivity contribution >= 4 is 5.78 Å². The van der Waals surface area contributed by atoms with Crippen molar-refractivity contribution in [2.75, 3.05) is 0 Å². The molecule has 0 heterocycles. The first-order valence-electron chi connectivity index (χ1n) is 5.99. The minimum Gasteiger partial charge on any atom is -0.428 e. The standard InChI is InChI=1S/C14H16F4O2/c1-13(2,3)8-11(19)9-5-4-6-10(7-9)20-14(17,18)12(15)16/h4-7,12H,8H2,1-3H3. The van der Waals surface area contributed by atoms with Gasteiger partial charge in [-0.25, -0.2) is 0 Å². The van der Waals surface area contributed by atoms with Crippen LogP contribution in [0, 0.1) is 5.41 Å². The van der Waals surface area contributed by atoms with Crippen LogP contribution in [0.2, 0.25) is 0 Å². The lowest BCUT2D eigenvalue weighted by Crippen LogP contribution is -2.33. The molecule has 112 valence electrons. The van der Waals surface area contributed by atoms with Crippen LogP contribution in [-0.2, 0) is 0 Å². The second-order valence-corrected chi connectivity index (χ2v) is 5.65. The first kappa shape index (κ1) is 16.5. The van der Waals surface area contributed by atoms with Crippen molar-refractivity contribution in [1.82, 2.24) is 0 Å². The fraction of sp³-hybridized carbons (Fsp3) is 0.500. The van der Waals surface area contributed by atoms with E-state index < -0.39 is 18.3 Å². The average molecular weight is 292 g/mol. The molecule has 6 heteroatoms. The molecular weight excluding hydrogens is 276 g/mol. The second-order valence-electron chi connectivity index (χ2n) is 5.65. The van der Waals surface area contributed by atoms with Gasteiger partial charge in [-0.2, -0.15) is 17.6 Å². The number of Topliss-reactive ketones (excluding diaryl/α,β-unsaturated/α-hetero) is 1. The third-order valence-corrected chi connectivity index (χ3v) is 2.35. The largest absolute Gasteiger partial charge is 0.461 e. The Morgan fingerprint density at radius 1 is 1.25 bits per heavy atom. The van der Waals surface area contributed by atoms with Crippen molar-refractivity contribution in [2.45, 2.75) is 39.7 Å². The fourth-order valence-electron chi connectivity index (χ4n) is 1.52. The second kappa shape index (κ2) is 5.81. The zero-order valence-electron chi connectivity index (χ0n) is 11.4. The van der Waals surface area contributed by atoms with Gasteiger partial charge in [-0.15, -0.1) is 0 Å². The van der Waals surface area contributed by atoms with E-state index >= 15 is 0 Å². The SMILES string of the molecule is CC(C)(C)CC(=O)c1cccc(OC(F)(F)C(F)F)c1. The molecule has 1 aromatic carbocycles. The summed E-state index contributed by atoms with van der Waals surface area (Å²) in [6, 6.07) is 4.89. The summed E-state index contributed by atoms with van der Waals surface area (Å²) in [6.07, 6.45) is -8.30. The lowest BCUT2D eigenvalue weighted by molar-refractivity contribution is -0.253. The highest BCUT2D eigenvalue weighted by atomic mass is 19.3. The summed E-state index contributed by atoms with van der Waals surface area (Å²) in [5.74, 6) is -0.724. The van der Waals surface area contributed by atoms with Crippen LogP contribution >= 0.6 is 0 Å². The number of alkyl halides is 4. The number of carbonyl (C=O) groups is 1. The van der Waals surface area contributed by atoms with Gasteiger partial charge in [0, 0.05) is 12.0 Å². The predicted octanol–water partition coefficient (Wildman–Crippen LogP) is 4.54. The Labute approximate surface area is 114 Å². The lowest BCUT2D eigenvalue weighted by atomic mass is 9.88. The monoisotopic (exact) mass is 292 g/mol. The summed E-state index contributed by atoms with van der Waals surface area (Å²) in [5.41, 5.74) is -0.108. The smallest absolute Gasteiger partial charge is 0.428 e. The summed E-state index contributed by atoms with van der Waals surface area (Å²) < 4.78 is 53.6. The molecule has 0 bridgehead atoms. The molecule has 0 aliphatic carbocycles. The van der Waals surface area contributed by atoms with E-state index in [1.807, 2.05) is 20.8 Å². The van der Waals surface area contributed by atoms with Gasteiger partial charge in [0.2, 0.25) is 0 Å². The molecule has 0 amide bonds. The molecule has 0 aromatic heterocycles. The Morgan fingerprint density at radius 3 is 2.35 bits per heavy atom. The maximum atomic E-state index is 12.8. The summed E-state index contributed by atoms with van der Waals surface area (Å²) >= 11 is 0. The summed E-state index contributed by atoms with van der Waals surface area (Å²) in [7, 11) is 0. The van der Waals surface area contributed by atoms with Crippen molar-refractivity contribution in [1.29, 1.82) is 0 Å². The van der Waals surface area contributed by atoms with Crippen molar-refractivity contribution in [2.24, 2.45) is 5.41 Å². The van der Waals surface area contributed by atoms with E-state index in [1.165, 1.54) is 12.1 Å². The first-order valence-corrected chi connectivity index (χ1v) is 5.99. The molecule has 0 spiro atoms. The highest BCUT2D eigenvalue weighted by Gasteiger charge is 2.44. The van der Waals surface area contributed by atoms with E-state index in [9.17, 15) is 22.4 Å². The number of carbonyl (C=O) groups excluding carboxylic acids is 1. The molecule has 0 aliphatic heterocycles. The Kier molecular flexibility index (Phi) is 4.78. The minimum absolute atomic E-state index is 0.155. The topological polar surface area (TPSA) is 26.3 Å². The quantitative estimate of drug-likeness (QED) is 0.588. The van der Waals surface area contributed by atoms with Crippen LogP contribution < -0.4 is 4.74 Å². The lowest BCUT2D eigenvalue weighted by Gasteiger charge is -2.18. The number of hydrogen-bond donors (Lipinski definition) is 0. The van der Waals surface area contributed by atoms with Gasteiger partial charge in [0.25, 0.3) is 0 Å². The number of ether oxygens (including phenoxy) is 1. The molecule has 0 atom stereocenters. The molecule has 0 unspecified atom stereocenters. The molecule has 0 aliphatic rings. The molecule has 0 N–H and O–H groups in total. The van der Waals surface area contributed by atoms with Crippen LogP contribution in [0.4, 0.5) is 17.6 Å². The molecule has 0 saturated carbocycles. The molecule has 0 fully saturated rings. The zero-order valence-corrected chi connectivity index (χ0v) is 11.4. The molecule has 1 rings (SSSR count). The van der Waals surface area contributed by atoms with Crippen LogP contribution in [0.3, 0.4) is 0 Å². The van der Waals surface area contributed by atoms with E-state index in [0.29, 0.717) is 0 Å². The first-order chi connectivity index (χ1) is 9.01. The van der Waals surface area contributed by atoms with Gasteiger partial charge in [-0.1, -0.05) is 32.9 Å². The molecule has 0 saturated heterocycles. The van der Waals surface area contributed by atoms with Gasteiger partial charge >= 0.3 is 12.5 Å². The molecule has 1 aromatic rings. The van der Waals surface area contributed by atoms with Crippen LogP contribution in [0.25, 0.3) is 0 Å². The van der Waals surface area contributed by atoms with Gasteiger partial charge in [0.05, 0.1) is 0 Å². The zero-order chi connectivity index (χ0) is 15.6. The molecular formula is C14H16F4O2. The van der Waals surface area contributed by atoms with Crippen molar-refractivity contribution in [3.8, 4) is 5.75 Å². The third kappa shape index (κ3) is 4.83. The normalized spacial score (nSPS) is 12.6. The van der Waals surface area contributed by atoms with Gasteiger partial charge in [0.15, 0.2) is 5.78 Å². The Morgan fingerprint density at radius 2 is 1.85 bits per heavy atom. The molecule has 20 heavy (non-hydrogen) atoms. The number of rotatable bonds is 5. The van der Waals surface area contributed by atoms with Crippen LogP contribution in [-0.4, -0.2) is 18.3 Å². The predicted molar refractivity (Wildman–Crippen MR) is 66.4 cm³/mol. The number of halogens is 4. The highest BCUT2D eigenvalue weighted by molar-refractivity contribution is 5.96. The Hall–Kier alpha value is -1.59. The molecule has 0 radical (unpaired) electrons. The van der Waals surface area contributed by atoms with E-state index in [0.717, 1.165) is 12.1 Å². The van der Waals surface area contributed by atoms with E-state index in [-0.39, 0.29) is 23.2 Å². The van der Waals surface area contributed by atoms with Crippen molar-refractivity contribution in [3.05, 3.63) is 29.8 Å². The maximum Gasteiger partial charge on any atom is 0.461 e. The van der Waals surface area contributed by atoms with Gasteiger partial charge in [-0.05, 0) is 17.5 Å². The van der Waals surface area contributed by atoms with Gasteiger partial charge < -0.3 is 4.74 Å². The van der Waals surface area contributed by atoms with E-state index in [2.05, 4.69) is 4.74 Å². The van der Waals surface area contributed by atoms with Crippen molar-refractivity contribution in [3.63, 3.8) is 0 Å². The van der Waals surface area contributed by atoms with Gasteiger partial charge in [0.1, 0.15) is 5.75 Å². The summed E-state index contributed by atoms with van der Waals surface area (Å²) in [5, 5.41) is 0. The molecule has 2 nitrogen and oxygen atoms in total. The number of hydrogen-bond acceptors (Lipinski definition) is 2. The van der Waals surface area contributed by atoms with E-state index in [4.69, 9.17) is 0 Å². The van der Waals surface area contributed by atoms with Crippen molar-refractivity contribution < 1.29 is 27.1 Å². The number of benzene rings is 1. The highest BCUT2D eigenvalue weighted by Crippen LogP contribution is 2.29. The summed E-state index contributed by atoms with van der Waals surface area (Å²) in [4.78, 5) is 11.9. The van der Waals surface area contributed by atoms with Crippen LogP contribution in [0.15, 0.2) is 24.3 Å². The van der Waals surface area contributed by atoms with Crippen LogP contribution in [0.1, 0.15) is 37.6 Å². The summed E-state index contributed by atoms with van der Waals surface area (Å²) in [6.45, 7) is 5.57. The Balaban J connectivity index is 2.89. The van der Waals surface area contributed by atoms with Gasteiger partial charge in [-0.3, -0.25) is 4.79 Å². The van der Waals surface area contributed by atoms with Crippen LogP contribution in [0.5, 0.6) is 5.75 Å². The third-order valence-electron chi connectivity index (χ3n) is 2.35. The van der Waals surface area contributed by atoms with E-state index in [1.54, 1.807) is 0 Å². The maximum absolute atomic E-state index is 12.8. The average Bonchev–Trinajstić information content (AvgIpc) is 2.26. The minimum atomic E-state index is -4.58. The fourth-order valence-corrected chi connectivity index (χ4v) is 1.52. The number of ketones is 1. The Bertz CT molecular complexity index is 478.